The lowest BCUT2D eigenvalue weighted by molar-refractivity contribution is -0.139. The van der Waals surface area contributed by atoms with E-state index >= 15 is 0 Å². The first-order valence-electron chi connectivity index (χ1n) is 9.63. The number of carbonyl (C=O) groups excluding carboxylic acids is 2. The number of hydrogen-bond acceptors (Lipinski definition) is 4. The Labute approximate surface area is 157 Å². The molecule has 3 aliphatic rings. The number of imidazole rings is 1. The maximum absolute atomic E-state index is 13.2. The molecule has 2 aromatic heterocycles. The molecule has 3 fully saturated rings. The second kappa shape index (κ2) is 5.55. The standard InChI is InChI=1S/C20H24N4O3/c1-12(2)15-11-27-20-5-7-23(16(20)9-18(25)24(15)20)19(26)14-10-22-6-4-13(3)8-17(22)21-14/h4,6,8,10,12,15-16H,5,7,9,11H2,1-3H3/t15-,16+,20-/m0/s1. The molecule has 142 valence electrons. The first-order valence-corrected chi connectivity index (χ1v) is 9.63. The summed E-state index contributed by atoms with van der Waals surface area (Å²) in [5.41, 5.74) is 1.64. The predicted octanol–water partition coefficient (Wildman–Crippen LogP) is 1.84. The second-order valence-corrected chi connectivity index (χ2v) is 8.30. The van der Waals surface area contributed by atoms with Gasteiger partial charge in [-0.1, -0.05) is 13.8 Å². The van der Waals surface area contributed by atoms with E-state index < -0.39 is 5.72 Å². The van der Waals surface area contributed by atoms with Crippen molar-refractivity contribution in [1.29, 1.82) is 0 Å². The van der Waals surface area contributed by atoms with Gasteiger partial charge in [0, 0.05) is 25.4 Å². The monoisotopic (exact) mass is 368 g/mol. The van der Waals surface area contributed by atoms with E-state index in [0.717, 1.165) is 11.2 Å². The molecule has 2 amide bonds. The second-order valence-electron chi connectivity index (χ2n) is 8.30. The van der Waals surface area contributed by atoms with Gasteiger partial charge in [0.25, 0.3) is 5.91 Å². The fourth-order valence-electron chi connectivity index (χ4n) is 4.95. The molecule has 7 heteroatoms. The number of aromatic nitrogens is 2. The molecule has 0 bridgehead atoms. The highest BCUT2D eigenvalue weighted by Gasteiger charge is 2.65. The van der Waals surface area contributed by atoms with Crippen molar-refractivity contribution in [2.24, 2.45) is 5.92 Å². The van der Waals surface area contributed by atoms with Crippen LogP contribution in [0.2, 0.25) is 0 Å². The molecule has 0 aliphatic carbocycles. The third-order valence-corrected chi connectivity index (χ3v) is 6.35. The molecule has 3 atom stereocenters. The summed E-state index contributed by atoms with van der Waals surface area (Å²) < 4.78 is 8.07. The summed E-state index contributed by atoms with van der Waals surface area (Å²) in [6, 6.07) is 3.80. The highest BCUT2D eigenvalue weighted by molar-refractivity contribution is 5.94. The largest absolute Gasteiger partial charge is 0.351 e. The van der Waals surface area contributed by atoms with Crippen molar-refractivity contribution in [3.8, 4) is 0 Å². The van der Waals surface area contributed by atoms with Crippen molar-refractivity contribution >= 4 is 17.5 Å². The summed E-state index contributed by atoms with van der Waals surface area (Å²) in [4.78, 5) is 34.2. The molecule has 0 aromatic carbocycles. The number of nitrogens with zero attached hydrogens (tertiary/aromatic N) is 4. The van der Waals surface area contributed by atoms with Gasteiger partial charge in [0.1, 0.15) is 11.3 Å². The average Bonchev–Trinajstić information content (AvgIpc) is 3.34. The Morgan fingerprint density at radius 2 is 2.22 bits per heavy atom. The lowest BCUT2D eigenvalue weighted by Gasteiger charge is -2.34. The van der Waals surface area contributed by atoms with Crippen molar-refractivity contribution in [3.63, 3.8) is 0 Å². The number of hydrogen-bond donors (Lipinski definition) is 0. The number of pyridine rings is 1. The van der Waals surface area contributed by atoms with Gasteiger partial charge in [0.15, 0.2) is 5.72 Å². The Hall–Kier alpha value is -2.41. The lowest BCUT2D eigenvalue weighted by Crippen LogP contribution is -2.51. The van der Waals surface area contributed by atoms with Crippen LogP contribution in [0.15, 0.2) is 24.5 Å². The Morgan fingerprint density at radius 3 is 3.00 bits per heavy atom. The van der Waals surface area contributed by atoms with Gasteiger partial charge in [0.2, 0.25) is 5.91 Å². The van der Waals surface area contributed by atoms with E-state index in [1.807, 2.05) is 34.6 Å². The van der Waals surface area contributed by atoms with Crippen LogP contribution in [0.3, 0.4) is 0 Å². The zero-order chi connectivity index (χ0) is 18.9. The quantitative estimate of drug-likeness (QED) is 0.811. The van der Waals surface area contributed by atoms with Gasteiger partial charge >= 0.3 is 0 Å². The predicted molar refractivity (Wildman–Crippen MR) is 98.1 cm³/mol. The molecule has 0 saturated carbocycles. The number of likely N-dealkylation sites (tertiary alicyclic amines) is 1. The molecule has 0 radical (unpaired) electrons. The number of aryl methyl sites for hydroxylation is 1. The molecule has 2 aromatic rings. The van der Waals surface area contributed by atoms with Gasteiger partial charge < -0.3 is 18.9 Å². The van der Waals surface area contributed by atoms with Crippen molar-refractivity contribution < 1.29 is 14.3 Å². The van der Waals surface area contributed by atoms with Crippen molar-refractivity contribution in [1.82, 2.24) is 19.2 Å². The normalized spacial score (nSPS) is 29.9. The van der Waals surface area contributed by atoms with Crippen molar-refractivity contribution in [2.75, 3.05) is 13.2 Å². The fraction of sp³-hybridized carbons (Fsp3) is 0.550. The molecule has 5 heterocycles. The highest BCUT2D eigenvalue weighted by Crippen LogP contribution is 2.49. The zero-order valence-corrected chi connectivity index (χ0v) is 15.9. The number of rotatable bonds is 2. The number of fused-ring (bicyclic) bond motifs is 1. The first-order chi connectivity index (χ1) is 12.9. The lowest BCUT2D eigenvalue weighted by atomic mass is 10.0. The van der Waals surface area contributed by atoms with Gasteiger partial charge in [-0.15, -0.1) is 0 Å². The summed E-state index contributed by atoms with van der Waals surface area (Å²) in [7, 11) is 0. The van der Waals surface area contributed by atoms with Crippen LogP contribution in [0, 0.1) is 12.8 Å². The minimum atomic E-state index is -0.641. The Morgan fingerprint density at radius 1 is 1.41 bits per heavy atom. The molecule has 27 heavy (non-hydrogen) atoms. The van der Waals surface area contributed by atoms with Crippen LogP contribution in [0.4, 0.5) is 0 Å². The fourth-order valence-corrected chi connectivity index (χ4v) is 4.95. The molecule has 3 saturated heterocycles. The highest BCUT2D eigenvalue weighted by atomic mass is 16.5. The van der Waals surface area contributed by atoms with Gasteiger partial charge in [-0.2, -0.15) is 0 Å². The van der Waals surface area contributed by atoms with Crippen LogP contribution in [-0.4, -0.2) is 62.0 Å². The molecule has 3 aliphatic heterocycles. The molecule has 7 nitrogen and oxygen atoms in total. The Balaban J connectivity index is 1.47. The van der Waals surface area contributed by atoms with Crippen molar-refractivity contribution in [3.05, 3.63) is 35.8 Å². The maximum atomic E-state index is 13.2. The van der Waals surface area contributed by atoms with E-state index in [1.54, 1.807) is 11.1 Å². The minimum Gasteiger partial charge on any atom is -0.351 e. The number of ether oxygens (including phenoxy) is 1. The maximum Gasteiger partial charge on any atom is 0.274 e. The average molecular weight is 368 g/mol. The van der Waals surface area contributed by atoms with E-state index in [4.69, 9.17) is 4.74 Å². The molecule has 1 spiro atoms. The topological polar surface area (TPSA) is 67.2 Å². The van der Waals surface area contributed by atoms with Crippen LogP contribution in [-0.2, 0) is 9.53 Å². The molecule has 0 N–H and O–H groups in total. The number of amides is 2. The minimum absolute atomic E-state index is 0.0933. The van der Waals surface area contributed by atoms with Gasteiger partial charge in [0.05, 0.1) is 25.1 Å². The summed E-state index contributed by atoms with van der Waals surface area (Å²) in [6.45, 7) is 7.37. The van der Waals surface area contributed by atoms with Crippen molar-refractivity contribution in [2.45, 2.75) is 51.4 Å². The third kappa shape index (κ3) is 2.21. The third-order valence-electron chi connectivity index (χ3n) is 6.35. The SMILES string of the molecule is Cc1ccn2cc(C(=O)N3CC[C@@]45OC[C@@H](C(C)C)N4C(=O)C[C@@H]35)nc2c1. The Kier molecular flexibility index (Phi) is 3.44. The smallest absolute Gasteiger partial charge is 0.274 e. The van der Waals surface area contributed by atoms with E-state index in [9.17, 15) is 9.59 Å². The van der Waals surface area contributed by atoms with E-state index in [1.165, 1.54) is 0 Å². The summed E-state index contributed by atoms with van der Waals surface area (Å²) in [5, 5.41) is 0. The number of carbonyl (C=O) groups is 2. The first kappa shape index (κ1) is 16.7. The zero-order valence-electron chi connectivity index (χ0n) is 15.9. The molecular formula is C20H24N4O3. The Bertz CT molecular complexity index is 952. The van der Waals surface area contributed by atoms with E-state index in [-0.39, 0.29) is 23.9 Å². The van der Waals surface area contributed by atoms with E-state index in [0.29, 0.717) is 37.6 Å². The van der Waals surface area contributed by atoms with Crippen LogP contribution in [0.1, 0.15) is 42.7 Å². The van der Waals surface area contributed by atoms with Crippen LogP contribution >= 0.6 is 0 Å². The van der Waals surface area contributed by atoms with Crippen LogP contribution < -0.4 is 0 Å². The van der Waals surface area contributed by atoms with Gasteiger partial charge in [-0.05, 0) is 30.5 Å². The van der Waals surface area contributed by atoms with Gasteiger partial charge in [-0.3, -0.25) is 9.59 Å². The molecule has 0 unspecified atom stereocenters. The molecular weight excluding hydrogens is 344 g/mol. The summed E-state index contributed by atoms with van der Waals surface area (Å²) >= 11 is 0. The molecule has 5 rings (SSSR count). The van der Waals surface area contributed by atoms with E-state index in [2.05, 4.69) is 18.8 Å². The summed E-state index contributed by atoms with van der Waals surface area (Å²) in [5.74, 6) is 0.308. The summed E-state index contributed by atoms with van der Waals surface area (Å²) in [6.07, 6.45) is 4.68. The van der Waals surface area contributed by atoms with Crippen LogP contribution in [0.25, 0.3) is 5.65 Å². The van der Waals surface area contributed by atoms with Crippen LogP contribution in [0.5, 0.6) is 0 Å². The van der Waals surface area contributed by atoms with Gasteiger partial charge in [-0.25, -0.2) is 4.98 Å².